The second-order valence-corrected chi connectivity index (χ2v) is 6.55. The fourth-order valence-corrected chi connectivity index (χ4v) is 4.18. The summed E-state index contributed by atoms with van der Waals surface area (Å²) in [6, 6.07) is 0.509. The van der Waals surface area contributed by atoms with Crippen LogP contribution in [-0.2, 0) is 11.2 Å². The molecule has 0 spiro atoms. The number of hydrogen-bond donors (Lipinski definition) is 1. The van der Waals surface area contributed by atoms with Crippen molar-refractivity contribution in [3.8, 4) is 0 Å². The molecule has 1 heterocycles. The number of nitrogens with zero attached hydrogens (tertiary/aromatic N) is 1. The topological polar surface area (TPSA) is 34.2 Å². The lowest BCUT2D eigenvalue weighted by molar-refractivity contribution is 0.0292. The smallest absolute Gasteiger partial charge is 0.122 e. The van der Waals surface area contributed by atoms with Gasteiger partial charge >= 0.3 is 0 Å². The number of aryl methyl sites for hydroxylation is 1. The fourth-order valence-electron chi connectivity index (χ4n) is 2.73. The third-order valence-corrected chi connectivity index (χ3v) is 4.89. The van der Waals surface area contributed by atoms with Crippen molar-refractivity contribution in [2.75, 3.05) is 13.2 Å². The molecule has 0 saturated heterocycles. The van der Waals surface area contributed by atoms with Crippen molar-refractivity contribution in [3.63, 3.8) is 0 Å². The summed E-state index contributed by atoms with van der Waals surface area (Å²) >= 11 is 1.86. The zero-order valence-corrected chi connectivity index (χ0v) is 13.3. The number of hydrogen-bond acceptors (Lipinski definition) is 4. The maximum atomic E-state index is 5.89. The van der Waals surface area contributed by atoms with Gasteiger partial charge in [0, 0.05) is 17.5 Å². The van der Waals surface area contributed by atoms with E-state index in [1.54, 1.807) is 0 Å². The SMILES string of the molecule is CCNC1CCCc2nc(C(OCC)C(C)C)sc21. The Hall–Kier alpha value is -0.450. The van der Waals surface area contributed by atoms with Gasteiger partial charge in [-0.05, 0) is 38.6 Å². The van der Waals surface area contributed by atoms with Crippen molar-refractivity contribution < 1.29 is 4.74 Å². The standard InChI is InChI=1S/C15H26N2OS/c1-5-16-11-8-7-9-12-14(11)19-15(17-12)13(10(3)4)18-6-2/h10-11,13,16H,5-9H2,1-4H3. The van der Waals surface area contributed by atoms with Gasteiger partial charge in [0.05, 0.1) is 5.69 Å². The molecule has 1 aromatic heterocycles. The average molecular weight is 282 g/mol. The molecule has 0 saturated carbocycles. The Balaban J connectivity index is 2.24. The molecule has 4 heteroatoms. The van der Waals surface area contributed by atoms with Crippen LogP contribution in [0, 0.1) is 5.92 Å². The molecule has 2 rings (SSSR count). The summed E-state index contributed by atoms with van der Waals surface area (Å²) < 4.78 is 5.89. The predicted molar refractivity (Wildman–Crippen MR) is 80.7 cm³/mol. The largest absolute Gasteiger partial charge is 0.371 e. The first-order valence-corrected chi connectivity index (χ1v) is 8.33. The zero-order valence-electron chi connectivity index (χ0n) is 12.5. The maximum Gasteiger partial charge on any atom is 0.122 e. The molecule has 1 aliphatic carbocycles. The number of rotatable bonds is 6. The molecule has 0 aliphatic heterocycles. The lowest BCUT2D eigenvalue weighted by atomic mass is 9.98. The Kier molecular flexibility index (Phi) is 5.37. The highest BCUT2D eigenvalue weighted by molar-refractivity contribution is 7.11. The van der Waals surface area contributed by atoms with E-state index in [4.69, 9.17) is 9.72 Å². The van der Waals surface area contributed by atoms with Crippen LogP contribution in [0.3, 0.4) is 0 Å². The Labute approximate surface area is 120 Å². The molecule has 0 aromatic carbocycles. The number of nitrogens with one attached hydrogen (secondary N) is 1. The zero-order chi connectivity index (χ0) is 13.8. The van der Waals surface area contributed by atoms with E-state index in [9.17, 15) is 0 Å². The van der Waals surface area contributed by atoms with Crippen molar-refractivity contribution in [1.82, 2.24) is 10.3 Å². The van der Waals surface area contributed by atoms with Crippen LogP contribution in [0.5, 0.6) is 0 Å². The molecule has 0 bridgehead atoms. The summed E-state index contributed by atoms with van der Waals surface area (Å²) in [5, 5.41) is 4.76. The van der Waals surface area contributed by atoms with Gasteiger partial charge in [-0.2, -0.15) is 0 Å². The highest BCUT2D eigenvalue weighted by Crippen LogP contribution is 2.38. The van der Waals surface area contributed by atoms with E-state index < -0.39 is 0 Å². The highest BCUT2D eigenvalue weighted by Gasteiger charge is 2.27. The lowest BCUT2D eigenvalue weighted by Crippen LogP contribution is -2.23. The third-order valence-electron chi connectivity index (χ3n) is 3.61. The van der Waals surface area contributed by atoms with Gasteiger partial charge in [0.25, 0.3) is 0 Å². The summed E-state index contributed by atoms with van der Waals surface area (Å²) in [4.78, 5) is 6.33. The second kappa shape index (κ2) is 6.82. The number of ether oxygens (including phenoxy) is 1. The molecule has 0 amide bonds. The Morgan fingerprint density at radius 2 is 2.21 bits per heavy atom. The van der Waals surface area contributed by atoms with Crippen LogP contribution < -0.4 is 5.32 Å². The first kappa shape index (κ1) is 14.9. The van der Waals surface area contributed by atoms with E-state index in [1.165, 1.54) is 28.4 Å². The normalized spacial score (nSPS) is 20.6. The minimum Gasteiger partial charge on any atom is -0.371 e. The molecule has 3 nitrogen and oxygen atoms in total. The average Bonchev–Trinajstić information content (AvgIpc) is 2.80. The maximum absolute atomic E-state index is 5.89. The Morgan fingerprint density at radius 1 is 1.42 bits per heavy atom. The van der Waals surface area contributed by atoms with E-state index in [2.05, 4.69) is 33.0 Å². The highest BCUT2D eigenvalue weighted by atomic mass is 32.1. The van der Waals surface area contributed by atoms with Crippen LogP contribution in [0.4, 0.5) is 0 Å². The van der Waals surface area contributed by atoms with Crippen molar-refractivity contribution in [3.05, 3.63) is 15.6 Å². The predicted octanol–water partition coefficient (Wildman–Crippen LogP) is 3.86. The van der Waals surface area contributed by atoms with Gasteiger partial charge < -0.3 is 10.1 Å². The van der Waals surface area contributed by atoms with Gasteiger partial charge in [-0.15, -0.1) is 11.3 Å². The summed E-state index contributed by atoms with van der Waals surface area (Å²) in [5.74, 6) is 0.477. The molecule has 1 aromatic rings. The minimum absolute atomic E-state index is 0.155. The molecular formula is C15H26N2OS. The monoisotopic (exact) mass is 282 g/mol. The van der Waals surface area contributed by atoms with Gasteiger partial charge in [-0.3, -0.25) is 0 Å². The minimum atomic E-state index is 0.155. The molecule has 0 radical (unpaired) electrons. The third kappa shape index (κ3) is 3.36. The van der Waals surface area contributed by atoms with Crippen molar-refractivity contribution in [1.29, 1.82) is 0 Å². The van der Waals surface area contributed by atoms with Crippen LogP contribution in [0.15, 0.2) is 0 Å². The van der Waals surface area contributed by atoms with Crippen LogP contribution in [0.1, 0.15) is 68.3 Å². The van der Waals surface area contributed by atoms with E-state index in [0.29, 0.717) is 12.0 Å². The lowest BCUT2D eigenvalue weighted by Gasteiger charge is -2.21. The van der Waals surface area contributed by atoms with Gasteiger partial charge in [-0.1, -0.05) is 20.8 Å². The number of thiazole rings is 1. The van der Waals surface area contributed by atoms with E-state index >= 15 is 0 Å². The number of fused-ring (bicyclic) bond motifs is 1. The molecule has 2 unspecified atom stereocenters. The summed E-state index contributed by atoms with van der Waals surface area (Å²) in [5.41, 5.74) is 1.31. The molecule has 1 N–H and O–H groups in total. The van der Waals surface area contributed by atoms with Gasteiger partial charge in [-0.25, -0.2) is 4.98 Å². The molecule has 19 heavy (non-hydrogen) atoms. The van der Waals surface area contributed by atoms with Crippen LogP contribution in [0.25, 0.3) is 0 Å². The van der Waals surface area contributed by atoms with Gasteiger partial charge in [0.15, 0.2) is 0 Å². The first-order chi connectivity index (χ1) is 9.17. The molecule has 0 fully saturated rings. The first-order valence-electron chi connectivity index (χ1n) is 7.51. The van der Waals surface area contributed by atoms with E-state index in [0.717, 1.165) is 19.6 Å². The Bertz CT molecular complexity index is 403. The quantitative estimate of drug-likeness (QED) is 0.860. The molecular weight excluding hydrogens is 256 g/mol. The van der Waals surface area contributed by atoms with Crippen molar-refractivity contribution >= 4 is 11.3 Å². The molecule has 108 valence electrons. The van der Waals surface area contributed by atoms with Gasteiger partial charge in [0.1, 0.15) is 11.1 Å². The van der Waals surface area contributed by atoms with Crippen LogP contribution in [-0.4, -0.2) is 18.1 Å². The van der Waals surface area contributed by atoms with Gasteiger partial charge in [0.2, 0.25) is 0 Å². The van der Waals surface area contributed by atoms with Crippen LogP contribution in [0.2, 0.25) is 0 Å². The second-order valence-electron chi connectivity index (χ2n) is 5.49. The van der Waals surface area contributed by atoms with E-state index in [1.807, 2.05) is 11.3 Å². The van der Waals surface area contributed by atoms with Crippen LogP contribution >= 0.6 is 11.3 Å². The molecule has 2 atom stereocenters. The van der Waals surface area contributed by atoms with Crippen molar-refractivity contribution in [2.24, 2.45) is 5.92 Å². The molecule has 1 aliphatic rings. The van der Waals surface area contributed by atoms with Crippen molar-refractivity contribution in [2.45, 2.75) is 59.1 Å². The van der Waals surface area contributed by atoms with E-state index in [-0.39, 0.29) is 6.10 Å². The summed E-state index contributed by atoms with van der Waals surface area (Å²) in [6.07, 6.45) is 3.77. The number of aromatic nitrogens is 1. The fraction of sp³-hybridized carbons (Fsp3) is 0.800. The summed E-state index contributed by atoms with van der Waals surface area (Å²) in [7, 11) is 0. The summed E-state index contributed by atoms with van der Waals surface area (Å²) in [6.45, 7) is 10.4. The Morgan fingerprint density at radius 3 is 2.84 bits per heavy atom.